The Bertz CT molecular complexity index is 468. The molecule has 0 atom stereocenters. The maximum absolute atomic E-state index is 4.08. The van der Waals surface area contributed by atoms with E-state index >= 15 is 0 Å². The Morgan fingerprint density at radius 1 is 1.38 bits per heavy atom. The van der Waals surface area contributed by atoms with Gasteiger partial charge >= 0.3 is 0 Å². The van der Waals surface area contributed by atoms with E-state index in [2.05, 4.69) is 50.7 Å². The highest BCUT2D eigenvalue weighted by atomic mass is 79.9. The van der Waals surface area contributed by atoms with Crippen molar-refractivity contribution in [2.45, 2.75) is 20.0 Å². The summed E-state index contributed by atoms with van der Waals surface area (Å²) in [5.41, 5.74) is 2.54. The molecule has 0 radical (unpaired) electrons. The van der Waals surface area contributed by atoms with Crippen molar-refractivity contribution < 1.29 is 0 Å². The van der Waals surface area contributed by atoms with Crippen molar-refractivity contribution >= 4 is 27.3 Å². The molecule has 0 unspecified atom stereocenters. The highest BCUT2D eigenvalue weighted by Crippen LogP contribution is 2.22. The molecule has 4 heteroatoms. The second kappa shape index (κ2) is 5.57. The van der Waals surface area contributed by atoms with Crippen LogP contribution in [-0.4, -0.2) is 4.98 Å². The number of nitrogens with one attached hydrogen (secondary N) is 1. The van der Waals surface area contributed by atoms with Gasteiger partial charge in [0.1, 0.15) is 0 Å². The summed E-state index contributed by atoms with van der Waals surface area (Å²) >= 11 is 5.29. The van der Waals surface area contributed by atoms with E-state index < -0.39 is 0 Å². The number of nitrogens with zero attached hydrogens (tertiary/aromatic N) is 1. The molecule has 2 rings (SSSR count). The molecular weight excluding hydrogens is 284 g/mol. The molecule has 0 aliphatic heterocycles. The van der Waals surface area contributed by atoms with Crippen LogP contribution >= 0.6 is 27.3 Å². The summed E-state index contributed by atoms with van der Waals surface area (Å²) in [6, 6.07) is 4.14. The zero-order valence-electron chi connectivity index (χ0n) is 9.03. The number of halogens is 1. The molecule has 0 bridgehead atoms. The molecule has 84 valence electrons. The van der Waals surface area contributed by atoms with Gasteiger partial charge in [0.05, 0.1) is 0 Å². The van der Waals surface area contributed by atoms with Crippen molar-refractivity contribution in [2.75, 3.05) is 0 Å². The van der Waals surface area contributed by atoms with Crippen LogP contribution in [0.25, 0.3) is 0 Å². The summed E-state index contributed by atoms with van der Waals surface area (Å²) in [5.74, 6) is 0. The number of aryl methyl sites for hydroxylation is 1. The predicted octanol–water partition coefficient (Wildman–Crippen LogP) is 3.50. The van der Waals surface area contributed by atoms with Gasteiger partial charge in [0.2, 0.25) is 0 Å². The first-order chi connectivity index (χ1) is 7.77. The highest BCUT2D eigenvalue weighted by molar-refractivity contribution is 9.10. The lowest BCUT2D eigenvalue weighted by Crippen LogP contribution is -2.12. The molecule has 0 aliphatic carbocycles. The van der Waals surface area contributed by atoms with Crippen LogP contribution in [-0.2, 0) is 13.1 Å². The molecule has 0 saturated heterocycles. The van der Waals surface area contributed by atoms with Crippen LogP contribution in [0.1, 0.15) is 16.0 Å². The first-order valence-corrected chi connectivity index (χ1v) is 6.76. The average Bonchev–Trinajstić information content (AvgIpc) is 2.67. The second-order valence-corrected chi connectivity index (χ2v) is 5.45. The minimum atomic E-state index is 0.888. The van der Waals surface area contributed by atoms with Gasteiger partial charge in [-0.25, -0.2) is 0 Å². The van der Waals surface area contributed by atoms with Crippen LogP contribution in [0.4, 0.5) is 0 Å². The Morgan fingerprint density at radius 2 is 2.25 bits per heavy atom. The van der Waals surface area contributed by atoms with Gasteiger partial charge in [-0.15, -0.1) is 11.3 Å². The van der Waals surface area contributed by atoms with Crippen LogP contribution in [0.5, 0.6) is 0 Å². The molecule has 0 saturated carbocycles. The van der Waals surface area contributed by atoms with Gasteiger partial charge in [-0.05, 0) is 51.5 Å². The standard InChI is InChI=1S/C12H13BrN2S/c1-9-6-14-4-2-10(9)7-15-8-12-11(13)3-5-16-12/h2-6,15H,7-8H2,1H3. The van der Waals surface area contributed by atoms with Crippen LogP contribution in [0.3, 0.4) is 0 Å². The van der Waals surface area contributed by atoms with Gasteiger partial charge in [0, 0.05) is 34.8 Å². The molecule has 0 spiro atoms. The topological polar surface area (TPSA) is 24.9 Å². The average molecular weight is 297 g/mol. The number of hydrogen-bond donors (Lipinski definition) is 1. The fourth-order valence-electron chi connectivity index (χ4n) is 1.46. The number of hydrogen-bond acceptors (Lipinski definition) is 3. The second-order valence-electron chi connectivity index (χ2n) is 3.60. The molecule has 2 heterocycles. The van der Waals surface area contributed by atoms with E-state index in [-0.39, 0.29) is 0 Å². The number of rotatable bonds is 4. The zero-order chi connectivity index (χ0) is 11.4. The van der Waals surface area contributed by atoms with Gasteiger partial charge in [-0.3, -0.25) is 4.98 Å². The van der Waals surface area contributed by atoms with Crippen molar-refractivity contribution in [1.82, 2.24) is 10.3 Å². The Kier molecular flexibility index (Phi) is 4.09. The summed E-state index contributed by atoms with van der Waals surface area (Å²) in [7, 11) is 0. The monoisotopic (exact) mass is 296 g/mol. The van der Waals surface area contributed by atoms with Gasteiger partial charge in [-0.1, -0.05) is 0 Å². The summed E-state index contributed by atoms with van der Waals surface area (Å²) in [6.07, 6.45) is 3.74. The minimum absolute atomic E-state index is 0.888. The molecule has 0 aromatic carbocycles. The molecule has 16 heavy (non-hydrogen) atoms. The van der Waals surface area contributed by atoms with Crippen molar-refractivity contribution in [3.63, 3.8) is 0 Å². The normalized spacial score (nSPS) is 10.6. The highest BCUT2D eigenvalue weighted by Gasteiger charge is 2.01. The first-order valence-electron chi connectivity index (χ1n) is 5.09. The summed E-state index contributed by atoms with van der Waals surface area (Å²) in [4.78, 5) is 5.42. The molecule has 2 aromatic rings. The Hall–Kier alpha value is -0.710. The van der Waals surface area contributed by atoms with E-state index in [1.54, 1.807) is 11.3 Å². The smallest absolute Gasteiger partial charge is 0.0327 e. The Morgan fingerprint density at radius 3 is 2.94 bits per heavy atom. The van der Waals surface area contributed by atoms with Crippen LogP contribution in [0.2, 0.25) is 0 Å². The Labute approximate surface area is 108 Å². The van der Waals surface area contributed by atoms with E-state index in [0.29, 0.717) is 0 Å². The molecule has 0 aliphatic rings. The summed E-state index contributed by atoms with van der Waals surface area (Å²) < 4.78 is 1.19. The molecule has 1 N–H and O–H groups in total. The van der Waals surface area contributed by atoms with E-state index in [9.17, 15) is 0 Å². The SMILES string of the molecule is Cc1cnccc1CNCc1sccc1Br. The zero-order valence-corrected chi connectivity index (χ0v) is 11.4. The van der Waals surface area contributed by atoms with Crippen LogP contribution in [0, 0.1) is 6.92 Å². The third-order valence-electron chi connectivity index (χ3n) is 2.43. The maximum atomic E-state index is 4.08. The number of thiophene rings is 1. The lowest BCUT2D eigenvalue weighted by atomic mass is 10.1. The van der Waals surface area contributed by atoms with Gasteiger partial charge in [0.25, 0.3) is 0 Å². The molecule has 2 aromatic heterocycles. The van der Waals surface area contributed by atoms with Crippen LogP contribution in [0.15, 0.2) is 34.4 Å². The van der Waals surface area contributed by atoms with Crippen molar-refractivity contribution in [3.8, 4) is 0 Å². The fourth-order valence-corrected chi connectivity index (χ4v) is 2.92. The Balaban J connectivity index is 1.89. The van der Waals surface area contributed by atoms with Crippen molar-refractivity contribution in [3.05, 3.63) is 50.4 Å². The summed E-state index contributed by atoms with van der Waals surface area (Å²) in [5, 5.41) is 5.53. The fraction of sp³-hybridized carbons (Fsp3) is 0.250. The molecule has 0 fully saturated rings. The third-order valence-corrected chi connectivity index (χ3v) is 4.35. The van der Waals surface area contributed by atoms with E-state index in [1.165, 1.54) is 20.5 Å². The molecule has 0 amide bonds. The van der Waals surface area contributed by atoms with Crippen molar-refractivity contribution in [2.24, 2.45) is 0 Å². The summed E-state index contributed by atoms with van der Waals surface area (Å²) in [6.45, 7) is 3.88. The first kappa shape index (κ1) is 11.8. The quantitative estimate of drug-likeness (QED) is 0.934. The lowest BCUT2D eigenvalue weighted by molar-refractivity contribution is 0.695. The molecular formula is C12H13BrN2S. The number of pyridine rings is 1. The van der Waals surface area contributed by atoms with Crippen molar-refractivity contribution in [1.29, 1.82) is 0 Å². The number of aromatic nitrogens is 1. The molecule has 2 nitrogen and oxygen atoms in total. The maximum Gasteiger partial charge on any atom is 0.0327 e. The van der Waals surface area contributed by atoms with E-state index in [4.69, 9.17) is 0 Å². The predicted molar refractivity (Wildman–Crippen MR) is 71.5 cm³/mol. The van der Waals surface area contributed by atoms with E-state index in [1.807, 2.05) is 12.4 Å². The van der Waals surface area contributed by atoms with E-state index in [0.717, 1.165) is 13.1 Å². The third kappa shape index (κ3) is 2.90. The minimum Gasteiger partial charge on any atom is -0.308 e. The lowest BCUT2D eigenvalue weighted by Gasteiger charge is -2.06. The van der Waals surface area contributed by atoms with Gasteiger partial charge in [-0.2, -0.15) is 0 Å². The van der Waals surface area contributed by atoms with Gasteiger partial charge < -0.3 is 5.32 Å². The van der Waals surface area contributed by atoms with Gasteiger partial charge in [0.15, 0.2) is 0 Å². The van der Waals surface area contributed by atoms with Crippen LogP contribution < -0.4 is 5.32 Å². The largest absolute Gasteiger partial charge is 0.308 e.